The van der Waals surface area contributed by atoms with Gasteiger partial charge in [0, 0.05) is 6.61 Å². The molecule has 1 N–H and O–H groups in total. The second kappa shape index (κ2) is 4.85. The highest BCUT2D eigenvalue weighted by Crippen LogP contribution is 2.25. The molecule has 0 radical (unpaired) electrons. The van der Waals surface area contributed by atoms with Gasteiger partial charge in [-0.1, -0.05) is 0 Å². The molecule has 6 heteroatoms. The summed E-state index contributed by atoms with van der Waals surface area (Å²) in [6, 6.07) is 2.46. The van der Waals surface area contributed by atoms with E-state index < -0.39 is 21.4 Å². The number of sulfonamides is 1. The maximum absolute atomic E-state index is 13.2. The van der Waals surface area contributed by atoms with Gasteiger partial charge in [-0.05, 0) is 50.5 Å². The Kier molecular flexibility index (Phi) is 3.68. The van der Waals surface area contributed by atoms with E-state index in [4.69, 9.17) is 4.74 Å². The van der Waals surface area contributed by atoms with Crippen LogP contribution in [0.2, 0.25) is 0 Å². The molecule has 1 atom stereocenters. The first-order chi connectivity index (χ1) is 8.73. The van der Waals surface area contributed by atoms with Crippen molar-refractivity contribution in [2.45, 2.75) is 37.6 Å². The van der Waals surface area contributed by atoms with Crippen LogP contribution in [0.25, 0.3) is 0 Å². The van der Waals surface area contributed by atoms with E-state index in [1.165, 1.54) is 12.1 Å². The maximum Gasteiger partial charge on any atom is 0.241 e. The molecule has 2 rings (SSSR count). The lowest BCUT2D eigenvalue weighted by molar-refractivity contribution is 0.178. The van der Waals surface area contributed by atoms with Gasteiger partial charge in [0.2, 0.25) is 10.0 Å². The fourth-order valence-electron chi connectivity index (χ4n) is 2.44. The van der Waals surface area contributed by atoms with Crippen molar-refractivity contribution < 1.29 is 17.5 Å². The lowest BCUT2D eigenvalue weighted by Crippen LogP contribution is -2.46. The predicted octanol–water partition coefficient (Wildman–Crippen LogP) is 1.90. The Morgan fingerprint density at radius 2 is 1.89 bits per heavy atom. The summed E-state index contributed by atoms with van der Waals surface area (Å²) in [5.41, 5.74) is 0.228. The van der Waals surface area contributed by atoms with E-state index in [1.807, 2.05) is 6.92 Å². The molecule has 1 heterocycles. The predicted molar refractivity (Wildman–Crippen MR) is 70.0 cm³/mol. The average Bonchev–Trinajstić information content (AvgIpc) is 2.60. The second-order valence-electron chi connectivity index (χ2n) is 5.34. The van der Waals surface area contributed by atoms with Crippen LogP contribution in [0.5, 0.6) is 0 Å². The van der Waals surface area contributed by atoms with E-state index >= 15 is 0 Å². The average molecular weight is 287 g/mol. The molecule has 1 fully saturated rings. The number of ether oxygens (including phenoxy) is 1. The lowest BCUT2D eigenvalue weighted by Gasteiger charge is -2.24. The van der Waals surface area contributed by atoms with Crippen LogP contribution >= 0.6 is 0 Å². The molecule has 1 saturated heterocycles. The molecule has 0 amide bonds. The van der Waals surface area contributed by atoms with E-state index in [2.05, 4.69) is 4.72 Å². The van der Waals surface area contributed by atoms with Gasteiger partial charge < -0.3 is 4.74 Å². The zero-order chi connectivity index (χ0) is 14.3. The zero-order valence-electron chi connectivity index (χ0n) is 11.3. The van der Waals surface area contributed by atoms with Crippen molar-refractivity contribution in [3.63, 3.8) is 0 Å². The van der Waals surface area contributed by atoms with Crippen LogP contribution in [0.1, 0.15) is 24.5 Å². The Morgan fingerprint density at radius 3 is 2.37 bits per heavy atom. The third-order valence-corrected chi connectivity index (χ3v) is 5.24. The maximum atomic E-state index is 13.2. The molecule has 19 heavy (non-hydrogen) atoms. The van der Waals surface area contributed by atoms with E-state index in [0.29, 0.717) is 30.8 Å². The van der Waals surface area contributed by atoms with Gasteiger partial charge in [-0.15, -0.1) is 0 Å². The number of halogens is 1. The van der Waals surface area contributed by atoms with Crippen molar-refractivity contribution in [1.82, 2.24) is 4.72 Å². The van der Waals surface area contributed by atoms with Crippen LogP contribution in [0, 0.1) is 19.7 Å². The Hall–Kier alpha value is -0.980. The highest BCUT2D eigenvalue weighted by molar-refractivity contribution is 7.89. The summed E-state index contributed by atoms with van der Waals surface area (Å²) in [5, 5.41) is 0. The zero-order valence-corrected chi connectivity index (χ0v) is 12.1. The minimum absolute atomic E-state index is 0.155. The smallest absolute Gasteiger partial charge is 0.241 e. The Bertz CT molecular complexity index is 569. The molecular formula is C13H18FNO3S. The van der Waals surface area contributed by atoms with Crippen molar-refractivity contribution in [3.05, 3.63) is 29.1 Å². The Balaban J connectivity index is 2.40. The van der Waals surface area contributed by atoms with Crippen molar-refractivity contribution >= 4 is 10.0 Å². The number of nitrogens with one attached hydrogen (secondary N) is 1. The van der Waals surface area contributed by atoms with Gasteiger partial charge in [0.15, 0.2) is 0 Å². The van der Waals surface area contributed by atoms with Gasteiger partial charge >= 0.3 is 0 Å². The van der Waals surface area contributed by atoms with Gasteiger partial charge in [0.25, 0.3) is 0 Å². The highest BCUT2D eigenvalue weighted by Gasteiger charge is 2.35. The number of rotatable bonds is 3. The molecule has 4 nitrogen and oxygen atoms in total. The van der Waals surface area contributed by atoms with E-state index in [-0.39, 0.29) is 4.90 Å². The molecule has 0 bridgehead atoms. The summed E-state index contributed by atoms with van der Waals surface area (Å²) in [4.78, 5) is 0.155. The summed E-state index contributed by atoms with van der Waals surface area (Å²) in [7, 11) is -3.68. The molecule has 106 valence electrons. The molecule has 0 spiro atoms. The van der Waals surface area contributed by atoms with Gasteiger partial charge in [0.05, 0.1) is 17.0 Å². The number of hydrogen-bond donors (Lipinski definition) is 1. The van der Waals surface area contributed by atoms with Gasteiger partial charge in [-0.25, -0.2) is 17.5 Å². The summed E-state index contributed by atoms with van der Waals surface area (Å²) in [6.45, 7) is 5.90. The molecule has 0 saturated carbocycles. The van der Waals surface area contributed by atoms with Crippen LogP contribution in [0.15, 0.2) is 17.0 Å². The highest BCUT2D eigenvalue weighted by atomic mass is 32.2. The number of aryl methyl sites for hydroxylation is 2. The van der Waals surface area contributed by atoms with Crippen molar-refractivity contribution in [2.75, 3.05) is 13.2 Å². The first-order valence-electron chi connectivity index (χ1n) is 6.12. The van der Waals surface area contributed by atoms with Crippen LogP contribution in [0.4, 0.5) is 4.39 Å². The first kappa shape index (κ1) is 14.4. The first-order valence-corrected chi connectivity index (χ1v) is 7.60. The summed E-state index contributed by atoms with van der Waals surface area (Å²) >= 11 is 0. The molecule has 1 aliphatic heterocycles. The molecule has 1 aliphatic rings. The van der Waals surface area contributed by atoms with Gasteiger partial charge in [-0.3, -0.25) is 0 Å². The lowest BCUT2D eigenvalue weighted by atomic mass is 10.0. The molecular weight excluding hydrogens is 269 g/mol. The van der Waals surface area contributed by atoms with E-state index in [0.717, 1.165) is 0 Å². The van der Waals surface area contributed by atoms with Crippen LogP contribution in [-0.4, -0.2) is 27.2 Å². The SMILES string of the molecule is Cc1cc(F)cc(C)c1S(=O)(=O)NC1(C)CCOC1. The monoisotopic (exact) mass is 287 g/mol. The fourth-order valence-corrected chi connectivity index (χ4v) is 4.32. The van der Waals surface area contributed by atoms with Gasteiger partial charge in [-0.2, -0.15) is 0 Å². The van der Waals surface area contributed by atoms with E-state index in [9.17, 15) is 12.8 Å². The van der Waals surface area contributed by atoms with Crippen LogP contribution in [0.3, 0.4) is 0 Å². The summed E-state index contributed by atoms with van der Waals surface area (Å²) in [5.74, 6) is -0.427. The fraction of sp³-hybridized carbons (Fsp3) is 0.538. The summed E-state index contributed by atoms with van der Waals surface area (Å²) < 4.78 is 46.1. The van der Waals surface area contributed by atoms with Crippen LogP contribution < -0.4 is 4.72 Å². The molecule has 0 aromatic heterocycles. The topological polar surface area (TPSA) is 55.4 Å². The van der Waals surface area contributed by atoms with E-state index in [1.54, 1.807) is 13.8 Å². The van der Waals surface area contributed by atoms with Crippen molar-refractivity contribution in [3.8, 4) is 0 Å². The quantitative estimate of drug-likeness (QED) is 0.924. The molecule has 1 aromatic rings. The standard InChI is InChI=1S/C13H18FNO3S/c1-9-6-11(14)7-10(2)12(9)19(16,17)15-13(3)4-5-18-8-13/h6-7,15H,4-5,8H2,1-3H3. The Morgan fingerprint density at radius 1 is 1.32 bits per heavy atom. The summed E-state index contributed by atoms with van der Waals surface area (Å²) in [6.07, 6.45) is 0.630. The number of hydrogen-bond acceptors (Lipinski definition) is 3. The van der Waals surface area contributed by atoms with Crippen LogP contribution in [-0.2, 0) is 14.8 Å². The van der Waals surface area contributed by atoms with Gasteiger partial charge in [0.1, 0.15) is 5.82 Å². The third-order valence-electron chi connectivity index (χ3n) is 3.29. The molecule has 1 aromatic carbocycles. The minimum Gasteiger partial charge on any atom is -0.379 e. The Labute approximate surface area is 113 Å². The molecule has 0 aliphatic carbocycles. The number of benzene rings is 1. The minimum atomic E-state index is -3.68. The van der Waals surface area contributed by atoms with Crippen molar-refractivity contribution in [2.24, 2.45) is 0 Å². The third kappa shape index (κ3) is 2.96. The molecule has 1 unspecified atom stereocenters. The largest absolute Gasteiger partial charge is 0.379 e. The second-order valence-corrected chi connectivity index (χ2v) is 6.96. The normalized spacial score (nSPS) is 23.8. The van der Waals surface area contributed by atoms with Crippen molar-refractivity contribution in [1.29, 1.82) is 0 Å².